The second kappa shape index (κ2) is 7.08. The number of hydrogen-bond acceptors (Lipinski definition) is 4. The lowest BCUT2D eigenvalue weighted by molar-refractivity contribution is 0.123. The minimum Gasteiger partial charge on any atom is -0.454 e. The van der Waals surface area contributed by atoms with Crippen molar-refractivity contribution in [1.82, 2.24) is 10.2 Å². The molecule has 0 amide bonds. The first kappa shape index (κ1) is 17.6. The average molecular weight is 431 g/mol. The Morgan fingerprint density at radius 3 is 2.15 bits per heavy atom. The lowest BCUT2D eigenvalue weighted by atomic mass is 10.1. The minimum atomic E-state index is -2.81. The van der Waals surface area contributed by atoms with Gasteiger partial charge in [-0.25, -0.2) is 8.78 Å². The summed E-state index contributed by atoms with van der Waals surface area (Å²) in [6.07, 6.45) is -2.81. The number of benzene rings is 2. The van der Waals surface area contributed by atoms with Crippen LogP contribution in [0, 0.1) is 6.92 Å². The van der Waals surface area contributed by atoms with E-state index in [-0.39, 0.29) is 17.3 Å². The molecule has 0 saturated carbocycles. The van der Waals surface area contributed by atoms with E-state index in [0.717, 1.165) is 15.6 Å². The highest BCUT2D eigenvalue weighted by molar-refractivity contribution is 9.10. The van der Waals surface area contributed by atoms with E-state index in [1.54, 1.807) is 12.1 Å². The monoisotopic (exact) mass is 430 g/mol. The van der Waals surface area contributed by atoms with Crippen molar-refractivity contribution in [2.45, 2.75) is 13.3 Å². The minimum absolute atomic E-state index is 0.00649. The lowest BCUT2D eigenvalue weighted by Crippen LogP contribution is -1.84. The average Bonchev–Trinajstić information content (AvgIpc) is 3.30. The molecule has 0 N–H and O–H groups in total. The Labute approximate surface area is 162 Å². The largest absolute Gasteiger partial charge is 0.454 e. The first-order valence-corrected chi connectivity index (χ1v) is 8.89. The molecule has 0 fully saturated rings. The summed E-state index contributed by atoms with van der Waals surface area (Å²) < 4.78 is 38.9. The second-order valence-corrected chi connectivity index (χ2v) is 6.89. The molecule has 0 saturated heterocycles. The molecule has 2 aromatic carbocycles. The Bertz CT molecular complexity index is 1070. The zero-order chi connectivity index (χ0) is 19.0. The van der Waals surface area contributed by atoms with Crippen LogP contribution in [-0.2, 0) is 0 Å². The van der Waals surface area contributed by atoms with Gasteiger partial charge in [0.1, 0.15) is 5.76 Å². The van der Waals surface area contributed by atoms with E-state index in [1.165, 1.54) is 6.07 Å². The third-order valence-corrected chi connectivity index (χ3v) is 4.57. The van der Waals surface area contributed by atoms with E-state index in [4.69, 9.17) is 8.83 Å². The number of alkyl halides is 2. The van der Waals surface area contributed by atoms with Gasteiger partial charge in [0.15, 0.2) is 5.76 Å². The lowest BCUT2D eigenvalue weighted by Gasteiger charge is -1.98. The van der Waals surface area contributed by atoms with Crippen LogP contribution in [0.15, 0.2) is 67.9 Å². The Morgan fingerprint density at radius 2 is 1.48 bits per heavy atom. The van der Waals surface area contributed by atoms with Gasteiger partial charge in [0.05, 0.1) is 5.56 Å². The van der Waals surface area contributed by atoms with Gasteiger partial charge in [-0.2, -0.15) is 0 Å². The highest BCUT2D eigenvalue weighted by atomic mass is 79.9. The van der Waals surface area contributed by atoms with Gasteiger partial charge < -0.3 is 8.83 Å². The Balaban J connectivity index is 1.75. The van der Waals surface area contributed by atoms with Crippen LogP contribution < -0.4 is 0 Å². The van der Waals surface area contributed by atoms with Gasteiger partial charge in [-0.05, 0) is 37.3 Å². The zero-order valence-corrected chi connectivity index (χ0v) is 15.7. The van der Waals surface area contributed by atoms with Crippen LogP contribution in [0.3, 0.4) is 0 Å². The SMILES string of the molecule is Cc1ccc(-c2nnc(-c3cc(-c4ccc(Br)cc4)oc3C(F)F)o2)cc1. The van der Waals surface area contributed by atoms with E-state index >= 15 is 0 Å². The number of halogens is 3. The molecule has 0 atom stereocenters. The van der Waals surface area contributed by atoms with Gasteiger partial charge in [-0.1, -0.05) is 45.8 Å². The normalized spacial score (nSPS) is 11.3. The Morgan fingerprint density at radius 1 is 0.852 bits per heavy atom. The summed E-state index contributed by atoms with van der Waals surface area (Å²) in [6, 6.07) is 16.1. The highest BCUT2D eigenvalue weighted by Gasteiger charge is 2.25. The summed E-state index contributed by atoms with van der Waals surface area (Å²) in [5.41, 5.74) is 2.57. The molecule has 0 unspecified atom stereocenters. The van der Waals surface area contributed by atoms with Crippen molar-refractivity contribution in [3.05, 3.63) is 70.4 Å². The molecule has 0 aliphatic rings. The molecule has 0 spiro atoms. The summed E-state index contributed by atoms with van der Waals surface area (Å²) in [7, 11) is 0. The molecule has 2 aromatic heterocycles. The van der Waals surface area contributed by atoms with Gasteiger partial charge in [0, 0.05) is 15.6 Å². The van der Waals surface area contributed by atoms with Gasteiger partial charge in [0.25, 0.3) is 12.3 Å². The van der Waals surface area contributed by atoms with Crippen LogP contribution in [-0.4, -0.2) is 10.2 Å². The predicted molar refractivity (Wildman–Crippen MR) is 100 cm³/mol. The molecule has 7 heteroatoms. The Hall–Kier alpha value is -2.80. The zero-order valence-electron chi connectivity index (χ0n) is 14.1. The van der Waals surface area contributed by atoms with Crippen molar-refractivity contribution in [2.75, 3.05) is 0 Å². The van der Waals surface area contributed by atoms with Gasteiger partial charge in [0.2, 0.25) is 5.89 Å². The predicted octanol–water partition coefficient (Wildman–Crippen LogP) is 6.67. The quantitative estimate of drug-likeness (QED) is 0.362. The number of aryl methyl sites for hydroxylation is 1. The van der Waals surface area contributed by atoms with E-state index in [0.29, 0.717) is 11.3 Å². The number of nitrogens with zero attached hydrogens (tertiary/aromatic N) is 2. The first-order chi connectivity index (χ1) is 13.0. The van der Waals surface area contributed by atoms with Gasteiger partial charge in [-0.3, -0.25) is 0 Å². The van der Waals surface area contributed by atoms with Crippen molar-refractivity contribution < 1.29 is 17.6 Å². The van der Waals surface area contributed by atoms with Crippen LogP contribution in [0.5, 0.6) is 0 Å². The molecule has 0 aliphatic heterocycles. The van der Waals surface area contributed by atoms with Gasteiger partial charge >= 0.3 is 0 Å². The van der Waals surface area contributed by atoms with E-state index in [1.807, 2.05) is 43.3 Å². The molecule has 4 nitrogen and oxygen atoms in total. The first-order valence-electron chi connectivity index (χ1n) is 8.10. The molecule has 0 radical (unpaired) electrons. The molecule has 4 aromatic rings. The molecular formula is C20H13BrF2N2O2. The fraction of sp³-hybridized carbons (Fsp3) is 0.100. The number of aromatic nitrogens is 2. The molecule has 2 heterocycles. The Kier molecular flexibility index (Phi) is 4.61. The molecule has 136 valence electrons. The number of furan rings is 1. The smallest absolute Gasteiger partial charge is 0.296 e. The molecule has 0 bridgehead atoms. The topological polar surface area (TPSA) is 52.1 Å². The van der Waals surface area contributed by atoms with E-state index in [2.05, 4.69) is 26.1 Å². The van der Waals surface area contributed by atoms with Crippen molar-refractivity contribution in [2.24, 2.45) is 0 Å². The fourth-order valence-corrected chi connectivity index (χ4v) is 2.90. The van der Waals surface area contributed by atoms with Crippen LogP contribution >= 0.6 is 15.9 Å². The van der Waals surface area contributed by atoms with Crippen molar-refractivity contribution >= 4 is 15.9 Å². The summed E-state index contributed by atoms with van der Waals surface area (Å²) in [4.78, 5) is 0. The maximum absolute atomic E-state index is 13.5. The maximum Gasteiger partial charge on any atom is 0.296 e. The second-order valence-electron chi connectivity index (χ2n) is 5.97. The van der Waals surface area contributed by atoms with Crippen molar-refractivity contribution in [1.29, 1.82) is 0 Å². The van der Waals surface area contributed by atoms with Crippen molar-refractivity contribution in [3.63, 3.8) is 0 Å². The standard InChI is InChI=1S/C20H13BrF2N2O2/c1-11-2-4-13(5-3-11)19-24-25-20(27-19)15-10-16(26-17(15)18(22)23)12-6-8-14(21)9-7-12/h2-10,18H,1H3. The van der Waals surface area contributed by atoms with Gasteiger partial charge in [-0.15, -0.1) is 10.2 Å². The molecular weight excluding hydrogens is 418 g/mol. The summed E-state index contributed by atoms with van der Waals surface area (Å²) in [6.45, 7) is 1.97. The fourth-order valence-electron chi connectivity index (χ4n) is 2.64. The van der Waals surface area contributed by atoms with Crippen LogP contribution in [0.2, 0.25) is 0 Å². The van der Waals surface area contributed by atoms with E-state index in [9.17, 15) is 8.78 Å². The van der Waals surface area contributed by atoms with Crippen LogP contribution in [0.1, 0.15) is 17.7 Å². The molecule has 4 rings (SSSR count). The molecule has 27 heavy (non-hydrogen) atoms. The van der Waals surface area contributed by atoms with E-state index < -0.39 is 12.2 Å². The maximum atomic E-state index is 13.5. The third-order valence-electron chi connectivity index (χ3n) is 4.04. The molecule has 0 aliphatic carbocycles. The summed E-state index contributed by atoms with van der Waals surface area (Å²) in [5, 5.41) is 7.91. The van der Waals surface area contributed by atoms with Crippen LogP contribution in [0.25, 0.3) is 34.2 Å². The van der Waals surface area contributed by atoms with Crippen molar-refractivity contribution in [3.8, 4) is 34.2 Å². The van der Waals surface area contributed by atoms with Crippen LogP contribution in [0.4, 0.5) is 8.78 Å². The highest BCUT2D eigenvalue weighted by Crippen LogP contribution is 2.38. The summed E-state index contributed by atoms with van der Waals surface area (Å²) in [5.74, 6) is 0.0690. The third kappa shape index (κ3) is 3.55. The number of hydrogen-bond donors (Lipinski definition) is 0. The number of rotatable bonds is 4. The summed E-state index contributed by atoms with van der Waals surface area (Å²) >= 11 is 3.34.